The van der Waals surface area contributed by atoms with Gasteiger partial charge in [0.15, 0.2) is 5.69 Å². The zero-order chi connectivity index (χ0) is 26.0. The van der Waals surface area contributed by atoms with E-state index in [2.05, 4.69) is 25.2 Å². The van der Waals surface area contributed by atoms with Gasteiger partial charge in [0.05, 0.1) is 23.4 Å². The SMILES string of the molecule is Cl.Cn1nnc2c(C#N)nc(-c3ccc(OCCC4CCN(c5ccccn5)CC4)c(C(F)(F)F)c3)cc21. The standard InChI is InChI=1S/C26H24F3N7O.ClH/c1-35-22-15-20(32-21(16-30)25(22)33-34-35)18-5-6-23(19(14-18)26(27,28)29)37-13-9-17-7-11-36(12-8-17)24-4-2-3-10-31-24;/h2-6,10,14-15,17H,7-9,11-13H2,1H3;1H. The quantitative estimate of drug-likeness (QED) is 0.320. The van der Waals surface area contributed by atoms with E-state index < -0.39 is 11.7 Å². The van der Waals surface area contributed by atoms with Gasteiger partial charge in [-0.25, -0.2) is 14.6 Å². The van der Waals surface area contributed by atoms with Gasteiger partial charge in [0.2, 0.25) is 0 Å². The smallest absolute Gasteiger partial charge is 0.419 e. The number of fused-ring (bicyclic) bond motifs is 1. The lowest BCUT2D eigenvalue weighted by Gasteiger charge is -2.32. The summed E-state index contributed by atoms with van der Waals surface area (Å²) >= 11 is 0. The number of piperidine rings is 1. The minimum Gasteiger partial charge on any atom is -0.493 e. The van der Waals surface area contributed by atoms with Crippen molar-refractivity contribution in [2.45, 2.75) is 25.4 Å². The van der Waals surface area contributed by atoms with Gasteiger partial charge in [-0.1, -0.05) is 11.3 Å². The van der Waals surface area contributed by atoms with Gasteiger partial charge >= 0.3 is 6.18 Å². The molecule has 198 valence electrons. The van der Waals surface area contributed by atoms with Crippen LogP contribution in [0, 0.1) is 17.2 Å². The summed E-state index contributed by atoms with van der Waals surface area (Å²) < 4.78 is 49.0. The Labute approximate surface area is 223 Å². The average Bonchev–Trinajstić information content (AvgIpc) is 3.29. The van der Waals surface area contributed by atoms with Crippen molar-refractivity contribution in [3.05, 3.63) is 59.9 Å². The van der Waals surface area contributed by atoms with E-state index in [0.717, 1.165) is 37.8 Å². The van der Waals surface area contributed by atoms with Crippen LogP contribution in [0.5, 0.6) is 5.75 Å². The Morgan fingerprint density at radius 2 is 1.92 bits per heavy atom. The minimum atomic E-state index is -4.62. The maximum Gasteiger partial charge on any atom is 0.419 e. The zero-order valence-electron chi connectivity index (χ0n) is 20.5. The molecule has 4 heterocycles. The predicted octanol–water partition coefficient (Wildman–Crippen LogP) is 5.42. The number of anilines is 1. The molecule has 1 saturated heterocycles. The van der Waals surface area contributed by atoms with E-state index in [-0.39, 0.29) is 41.7 Å². The van der Waals surface area contributed by atoms with Crippen LogP contribution in [0.4, 0.5) is 19.0 Å². The number of nitriles is 1. The predicted molar refractivity (Wildman–Crippen MR) is 138 cm³/mol. The third-order valence-electron chi connectivity index (χ3n) is 6.66. The van der Waals surface area contributed by atoms with Crippen molar-refractivity contribution in [2.75, 3.05) is 24.6 Å². The van der Waals surface area contributed by atoms with Gasteiger partial charge < -0.3 is 9.64 Å². The number of pyridine rings is 2. The fourth-order valence-electron chi connectivity index (χ4n) is 4.62. The lowest BCUT2D eigenvalue weighted by atomic mass is 9.94. The molecule has 0 saturated carbocycles. The summed E-state index contributed by atoms with van der Waals surface area (Å²) in [5.74, 6) is 1.11. The number of benzene rings is 1. The molecule has 0 amide bonds. The highest BCUT2D eigenvalue weighted by molar-refractivity contribution is 5.85. The van der Waals surface area contributed by atoms with E-state index in [1.165, 1.54) is 16.8 Å². The molecule has 1 aromatic carbocycles. The van der Waals surface area contributed by atoms with E-state index in [0.29, 0.717) is 23.4 Å². The molecule has 1 fully saturated rings. The van der Waals surface area contributed by atoms with Crippen LogP contribution in [0.25, 0.3) is 22.3 Å². The van der Waals surface area contributed by atoms with Crippen molar-refractivity contribution in [1.82, 2.24) is 25.0 Å². The molecule has 0 radical (unpaired) electrons. The highest BCUT2D eigenvalue weighted by Gasteiger charge is 2.35. The number of rotatable bonds is 6. The Bertz CT molecular complexity index is 1450. The minimum absolute atomic E-state index is 0. The third kappa shape index (κ3) is 5.65. The summed E-state index contributed by atoms with van der Waals surface area (Å²) in [5, 5.41) is 17.2. The maximum atomic E-state index is 14.0. The summed E-state index contributed by atoms with van der Waals surface area (Å²) in [4.78, 5) is 10.8. The molecule has 0 unspecified atom stereocenters. The number of hydrogen-bond donors (Lipinski definition) is 0. The van der Waals surface area contributed by atoms with Crippen molar-refractivity contribution in [3.8, 4) is 23.1 Å². The Morgan fingerprint density at radius 3 is 2.61 bits per heavy atom. The zero-order valence-corrected chi connectivity index (χ0v) is 21.3. The summed E-state index contributed by atoms with van der Waals surface area (Å²) in [7, 11) is 1.64. The molecular formula is C26H25ClF3N7O. The number of alkyl halides is 3. The van der Waals surface area contributed by atoms with E-state index in [1.54, 1.807) is 19.3 Å². The summed E-state index contributed by atoms with van der Waals surface area (Å²) in [5.41, 5.74) is 0.384. The molecule has 4 aromatic rings. The fraction of sp³-hybridized carbons (Fsp3) is 0.346. The number of hydrogen-bond acceptors (Lipinski definition) is 7. The lowest BCUT2D eigenvalue weighted by molar-refractivity contribution is -0.138. The number of ether oxygens (including phenoxy) is 1. The second-order valence-electron chi connectivity index (χ2n) is 9.01. The van der Waals surface area contributed by atoms with Gasteiger partial charge in [-0.3, -0.25) is 0 Å². The van der Waals surface area contributed by atoms with Crippen LogP contribution in [0.15, 0.2) is 48.7 Å². The third-order valence-corrected chi connectivity index (χ3v) is 6.66. The first kappa shape index (κ1) is 27.1. The molecule has 5 rings (SSSR count). The van der Waals surface area contributed by atoms with E-state index in [9.17, 15) is 18.4 Å². The second kappa shape index (κ2) is 11.2. The van der Waals surface area contributed by atoms with Crippen LogP contribution in [-0.2, 0) is 13.2 Å². The number of halogens is 4. The molecule has 1 aliphatic heterocycles. The van der Waals surface area contributed by atoms with Gasteiger partial charge in [0.1, 0.15) is 23.2 Å². The fourth-order valence-corrected chi connectivity index (χ4v) is 4.62. The van der Waals surface area contributed by atoms with E-state index >= 15 is 0 Å². The summed E-state index contributed by atoms with van der Waals surface area (Å²) in [6.45, 7) is 1.91. The highest BCUT2D eigenvalue weighted by Crippen LogP contribution is 2.39. The molecule has 0 bridgehead atoms. The van der Waals surface area contributed by atoms with Crippen molar-refractivity contribution in [3.63, 3.8) is 0 Å². The maximum absolute atomic E-state index is 14.0. The largest absolute Gasteiger partial charge is 0.493 e. The Kier molecular flexibility index (Phi) is 8.02. The second-order valence-corrected chi connectivity index (χ2v) is 9.01. The highest BCUT2D eigenvalue weighted by atomic mass is 35.5. The summed E-state index contributed by atoms with van der Waals surface area (Å²) in [6.07, 6.45) is -0.305. The van der Waals surface area contributed by atoms with Crippen molar-refractivity contribution < 1.29 is 17.9 Å². The van der Waals surface area contributed by atoms with Gasteiger partial charge in [-0.05, 0) is 61.6 Å². The van der Waals surface area contributed by atoms with Gasteiger partial charge in [-0.2, -0.15) is 18.4 Å². The van der Waals surface area contributed by atoms with Crippen LogP contribution in [0.1, 0.15) is 30.5 Å². The average molecular weight is 544 g/mol. The van der Waals surface area contributed by atoms with E-state index in [4.69, 9.17) is 4.74 Å². The number of aromatic nitrogens is 5. The van der Waals surface area contributed by atoms with Gasteiger partial charge in [0, 0.05) is 31.9 Å². The molecular weight excluding hydrogens is 519 g/mol. The van der Waals surface area contributed by atoms with Crippen LogP contribution in [-0.4, -0.2) is 44.7 Å². The molecule has 8 nitrogen and oxygen atoms in total. The Balaban J connectivity index is 0.00000336. The monoisotopic (exact) mass is 543 g/mol. The number of nitrogens with zero attached hydrogens (tertiary/aromatic N) is 7. The molecule has 12 heteroatoms. The first-order chi connectivity index (χ1) is 17.8. The molecule has 0 aliphatic carbocycles. The molecule has 3 aromatic heterocycles. The number of aryl methyl sites for hydroxylation is 1. The first-order valence-corrected chi connectivity index (χ1v) is 11.9. The van der Waals surface area contributed by atoms with Crippen molar-refractivity contribution in [2.24, 2.45) is 13.0 Å². The molecule has 0 spiro atoms. The lowest BCUT2D eigenvalue weighted by Crippen LogP contribution is -2.34. The van der Waals surface area contributed by atoms with Gasteiger partial charge in [-0.15, -0.1) is 17.5 Å². The molecule has 38 heavy (non-hydrogen) atoms. The van der Waals surface area contributed by atoms with Crippen LogP contribution in [0.3, 0.4) is 0 Å². The van der Waals surface area contributed by atoms with Crippen molar-refractivity contribution >= 4 is 29.3 Å². The molecule has 0 atom stereocenters. The van der Waals surface area contributed by atoms with E-state index in [1.807, 2.05) is 24.3 Å². The van der Waals surface area contributed by atoms with Crippen LogP contribution >= 0.6 is 12.4 Å². The first-order valence-electron chi connectivity index (χ1n) is 11.9. The topological polar surface area (TPSA) is 92.8 Å². The molecule has 1 aliphatic rings. The van der Waals surface area contributed by atoms with Crippen LogP contribution < -0.4 is 9.64 Å². The summed E-state index contributed by atoms with van der Waals surface area (Å²) in [6, 6.07) is 13.2. The molecule has 0 N–H and O–H groups in total. The van der Waals surface area contributed by atoms with Gasteiger partial charge in [0.25, 0.3) is 0 Å². The van der Waals surface area contributed by atoms with Crippen molar-refractivity contribution in [1.29, 1.82) is 5.26 Å². The Morgan fingerprint density at radius 1 is 1.13 bits per heavy atom. The Hall–Kier alpha value is -3.91. The van der Waals surface area contributed by atoms with Crippen LogP contribution in [0.2, 0.25) is 0 Å². The normalized spacial score (nSPS) is 14.2.